The fourth-order valence-electron chi connectivity index (χ4n) is 6.71. The third-order valence-electron chi connectivity index (χ3n) is 9.49. The van der Waals surface area contributed by atoms with Gasteiger partial charge < -0.3 is 59.1 Å². The quantitative estimate of drug-likeness (QED) is 0.0320. The maximum absolute atomic E-state index is 14.3. The van der Waals surface area contributed by atoms with Gasteiger partial charge in [-0.15, -0.1) is 11.3 Å². The zero-order valence-electron chi connectivity index (χ0n) is 31.2. The van der Waals surface area contributed by atoms with Gasteiger partial charge in [-0.2, -0.15) is 0 Å². The normalized spacial score (nSPS) is 18.6. The van der Waals surface area contributed by atoms with Crippen molar-refractivity contribution in [3.8, 4) is 0 Å². The maximum Gasteiger partial charge on any atom is 0.252 e. The molecule has 0 saturated carbocycles. The summed E-state index contributed by atoms with van der Waals surface area (Å²) < 4.78 is 0. The van der Waals surface area contributed by atoms with Crippen molar-refractivity contribution in [2.24, 2.45) is 22.9 Å². The van der Waals surface area contributed by atoms with Gasteiger partial charge in [0.15, 0.2) is 11.9 Å². The molecule has 2 saturated heterocycles. The summed E-state index contributed by atoms with van der Waals surface area (Å²) in [6, 6.07) is -3.99. The van der Waals surface area contributed by atoms with Crippen molar-refractivity contribution in [1.29, 1.82) is 10.8 Å². The maximum atomic E-state index is 14.3. The minimum Gasteiger partial charge on any atom is -0.394 e. The van der Waals surface area contributed by atoms with Crippen LogP contribution >= 0.6 is 11.3 Å². The number of nitrogens with one attached hydrogen (secondary N) is 6. The van der Waals surface area contributed by atoms with Crippen molar-refractivity contribution in [3.05, 3.63) is 22.4 Å². The summed E-state index contributed by atoms with van der Waals surface area (Å²) in [7, 11) is 0. The molecule has 0 aliphatic carbocycles. The Morgan fingerprint density at radius 1 is 0.946 bits per heavy atom. The van der Waals surface area contributed by atoms with Crippen LogP contribution in [0.4, 0.5) is 0 Å². The monoisotopic (exact) mass is 804 g/mol. The average Bonchev–Trinajstić information content (AvgIpc) is 3.98. The van der Waals surface area contributed by atoms with Crippen LogP contribution in [0.1, 0.15) is 56.2 Å². The summed E-state index contributed by atoms with van der Waals surface area (Å²) in [6.07, 6.45) is 3.69. The number of guanidine groups is 2. The number of hydrogen-bond acceptors (Lipinski definition) is 13. The molecule has 2 aliphatic rings. The van der Waals surface area contributed by atoms with E-state index in [0.29, 0.717) is 42.0 Å². The van der Waals surface area contributed by atoms with E-state index in [1.54, 1.807) is 17.5 Å². The Balaban J connectivity index is 1.83. The number of imide groups is 1. The second-order valence-electron chi connectivity index (χ2n) is 13.5. The minimum absolute atomic E-state index is 0.0417. The minimum atomic E-state index is -1.74. The highest BCUT2D eigenvalue weighted by atomic mass is 32.1. The van der Waals surface area contributed by atoms with Crippen LogP contribution in [-0.4, -0.2) is 149 Å². The van der Waals surface area contributed by atoms with Crippen LogP contribution in [-0.2, 0) is 40.0 Å². The molecule has 0 unspecified atom stereocenters. The first-order valence-corrected chi connectivity index (χ1v) is 19.3. The smallest absolute Gasteiger partial charge is 0.252 e. The van der Waals surface area contributed by atoms with Gasteiger partial charge in [0.2, 0.25) is 29.9 Å². The van der Waals surface area contributed by atoms with Gasteiger partial charge in [-0.05, 0) is 62.8 Å². The largest absolute Gasteiger partial charge is 0.394 e. The molecular formula is C34H54N13O8S. The Morgan fingerprint density at radius 3 is 2.14 bits per heavy atom. The van der Waals surface area contributed by atoms with Gasteiger partial charge in [0.25, 0.3) is 11.8 Å². The number of aliphatic hydroxyl groups excluding tert-OH is 1. The predicted molar refractivity (Wildman–Crippen MR) is 205 cm³/mol. The number of rotatable bonds is 21. The first-order valence-electron chi connectivity index (χ1n) is 18.4. The highest BCUT2D eigenvalue weighted by Gasteiger charge is 2.47. The van der Waals surface area contributed by atoms with Crippen LogP contribution in [0.5, 0.6) is 0 Å². The molecule has 3 rings (SSSR count). The fourth-order valence-corrected chi connectivity index (χ4v) is 7.46. The summed E-state index contributed by atoms with van der Waals surface area (Å²) in [5.41, 5.74) is 22.3. The molecule has 21 nitrogen and oxygen atoms in total. The number of thiophene rings is 1. The van der Waals surface area contributed by atoms with Crippen molar-refractivity contribution < 1.29 is 38.7 Å². The molecule has 22 heteroatoms. The number of hydrogen-bond donors (Lipinski definition) is 11. The van der Waals surface area contributed by atoms with Crippen molar-refractivity contribution in [2.75, 3.05) is 39.3 Å². The molecule has 0 bridgehead atoms. The SMILES string of the molecule is N=C(N)NCCC[C@@H](N)C(=O)N[C@@H](CCCNC(=N)N)C(=O)N1CCC[C@H]1C(=O)N1CCC[C@H]1C(=O)N(C(=O)[C@H](Cc1cccs1)NC(=O)CN)[C@H]([C]=O)CO. The summed E-state index contributed by atoms with van der Waals surface area (Å²) in [5.74, 6) is -4.85. The Labute approximate surface area is 328 Å². The summed E-state index contributed by atoms with van der Waals surface area (Å²) >= 11 is 1.30. The van der Waals surface area contributed by atoms with Gasteiger partial charge in [0.1, 0.15) is 30.2 Å². The van der Waals surface area contributed by atoms with Crippen molar-refractivity contribution in [1.82, 2.24) is 36.0 Å². The molecule has 0 spiro atoms. The summed E-state index contributed by atoms with van der Waals surface area (Å²) in [6.45, 7) is -0.615. The molecular weight excluding hydrogens is 751 g/mol. The molecule has 1 aromatic heterocycles. The van der Waals surface area contributed by atoms with E-state index in [2.05, 4.69) is 21.3 Å². The molecule has 3 heterocycles. The highest BCUT2D eigenvalue weighted by Crippen LogP contribution is 2.28. The van der Waals surface area contributed by atoms with E-state index in [1.165, 1.54) is 27.4 Å². The Bertz CT molecular complexity index is 1560. The van der Waals surface area contributed by atoms with E-state index >= 15 is 0 Å². The molecule has 1 radical (unpaired) electrons. The van der Waals surface area contributed by atoms with Gasteiger partial charge in [-0.25, -0.2) is 0 Å². The first-order chi connectivity index (χ1) is 26.7. The Morgan fingerprint density at radius 2 is 1.57 bits per heavy atom. The third-order valence-corrected chi connectivity index (χ3v) is 10.4. The molecule has 2 aliphatic heterocycles. The third kappa shape index (κ3) is 12.7. The van der Waals surface area contributed by atoms with E-state index < -0.39 is 84.8 Å². The van der Waals surface area contributed by atoms with Gasteiger partial charge in [0.05, 0.1) is 19.2 Å². The Kier molecular flexibility index (Phi) is 18.1. The number of aliphatic hydroxyl groups is 1. The zero-order valence-corrected chi connectivity index (χ0v) is 32.0. The first kappa shape index (κ1) is 45.2. The highest BCUT2D eigenvalue weighted by molar-refractivity contribution is 7.09. The lowest BCUT2D eigenvalue weighted by atomic mass is 10.1. The Hall–Kier alpha value is -5.19. The molecule has 309 valence electrons. The number of likely N-dealkylation sites (tertiary alicyclic amines) is 2. The molecule has 2 fully saturated rings. The predicted octanol–water partition coefficient (Wildman–Crippen LogP) is -4.12. The second-order valence-corrected chi connectivity index (χ2v) is 14.5. The number of carbonyl (C=O) groups excluding carboxylic acids is 7. The topological polar surface area (TPSA) is 349 Å². The van der Waals surface area contributed by atoms with Crippen LogP contribution in [0.2, 0.25) is 0 Å². The molecule has 6 atom stereocenters. The van der Waals surface area contributed by atoms with Gasteiger partial charge in [-0.3, -0.25) is 49.3 Å². The lowest BCUT2D eigenvalue weighted by Crippen LogP contribution is -2.61. The molecule has 6 amide bonds. The van der Waals surface area contributed by atoms with Crippen LogP contribution in [0.3, 0.4) is 0 Å². The zero-order chi connectivity index (χ0) is 41.4. The lowest BCUT2D eigenvalue weighted by Gasteiger charge is -2.36. The van der Waals surface area contributed by atoms with Crippen molar-refractivity contribution in [2.45, 2.75) is 94.0 Å². The number of carbonyl (C=O) groups is 6. The van der Waals surface area contributed by atoms with Gasteiger partial charge >= 0.3 is 0 Å². The standard InChI is InChI=1S/C34H54N13O8S/c35-17-27(50)43-24(16-21-6-5-15-56-21)30(53)47(20(18-48)19-49)32(55)26-10-4-14-46(26)31(54)25-9-3-13-45(25)29(52)23(8-2-12-42-34(39)40)44-28(51)22(36)7-1-11-41-33(37)38/h5-6,15,20,22-26,48H,1-4,7-14,16-18,35-36H2,(H,43,50)(H,44,51)(H4,37,38,41)(H4,39,40,42)/t20-,22+,23-,24-,25-,26-/m0/s1. The number of amides is 6. The van der Waals surface area contributed by atoms with Crippen molar-refractivity contribution >= 4 is 65.0 Å². The fraction of sp³-hybridized carbons (Fsp3) is 0.618. The van der Waals surface area contributed by atoms with E-state index in [4.69, 9.17) is 33.8 Å². The molecule has 15 N–H and O–H groups in total. The van der Waals surface area contributed by atoms with Crippen LogP contribution < -0.4 is 44.2 Å². The van der Waals surface area contributed by atoms with E-state index in [-0.39, 0.29) is 63.7 Å². The summed E-state index contributed by atoms with van der Waals surface area (Å²) in [4.78, 5) is 98.1. The van der Waals surface area contributed by atoms with E-state index in [1.807, 2.05) is 0 Å². The summed E-state index contributed by atoms with van der Waals surface area (Å²) in [5, 5.41) is 37.0. The second kappa shape index (κ2) is 22.4. The number of nitrogens with two attached hydrogens (primary N) is 4. The molecule has 56 heavy (non-hydrogen) atoms. The van der Waals surface area contributed by atoms with Crippen molar-refractivity contribution in [3.63, 3.8) is 0 Å². The van der Waals surface area contributed by atoms with Gasteiger partial charge in [-0.1, -0.05) is 6.07 Å². The van der Waals surface area contributed by atoms with Crippen LogP contribution in [0.25, 0.3) is 0 Å². The molecule has 0 aromatic carbocycles. The van der Waals surface area contributed by atoms with E-state index in [0.717, 1.165) is 0 Å². The molecule has 1 aromatic rings. The number of nitrogens with zero attached hydrogens (tertiary/aromatic N) is 3. The van der Waals surface area contributed by atoms with Crippen LogP contribution in [0, 0.1) is 10.8 Å². The average molecular weight is 805 g/mol. The van der Waals surface area contributed by atoms with Crippen LogP contribution in [0.15, 0.2) is 17.5 Å². The van der Waals surface area contributed by atoms with E-state index in [9.17, 15) is 38.7 Å². The lowest BCUT2D eigenvalue weighted by molar-refractivity contribution is -0.156. The van der Waals surface area contributed by atoms with Gasteiger partial charge in [0, 0.05) is 37.5 Å².